The Morgan fingerprint density at radius 2 is 1.92 bits per heavy atom. The molecule has 146 valence electrons. The van der Waals surface area contributed by atoms with Gasteiger partial charge in [0.25, 0.3) is 5.91 Å². The van der Waals surface area contributed by atoms with Crippen LogP contribution in [-0.4, -0.2) is 60.8 Å². The third-order valence-corrected chi connectivity index (χ3v) is 7.52. The minimum Gasteiger partial charge on any atom is -0.345 e. The molecule has 7 nitrogen and oxygen atoms in total. The number of hydrogen-bond acceptors (Lipinski definition) is 4. The highest BCUT2D eigenvalue weighted by molar-refractivity contribution is 7.89. The highest BCUT2D eigenvalue weighted by Gasteiger charge is 2.32. The van der Waals surface area contributed by atoms with E-state index in [1.54, 1.807) is 27.0 Å². The van der Waals surface area contributed by atoms with Crippen molar-refractivity contribution < 1.29 is 13.2 Å². The molecule has 1 aromatic heterocycles. The third kappa shape index (κ3) is 3.82. The number of nitrogens with zero attached hydrogens (tertiary/aromatic N) is 3. The summed E-state index contributed by atoms with van der Waals surface area (Å²) in [7, 11) is -1.81. The van der Waals surface area contributed by atoms with Crippen LogP contribution in [0.25, 0.3) is 0 Å². The third-order valence-electron chi connectivity index (χ3n) is 5.69. The number of aromatic nitrogens is 1. The zero-order valence-electron chi connectivity index (χ0n) is 15.7. The van der Waals surface area contributed by atoms with Crippen LogP contribution in [0.4, 0.5) is 0 Å². The maximum Gasteiger partial charge on any atom is 0.270 e. The summed E-state index contributed by atoms with van der Waals surface area (Å²) in [4.78, 5) is 14.9. The van der Waals surface area contributed by atoms with E-state index in [1.165, 1.54) is 6.07 Å². The van der Waals surface area contributed by atoms with Crippen LogP contribution < -0.4 is 5.73 Å². The molecule has 2 aliphatic heterocycles. The van der Waals surface area contributed by atoms with E-state index in [1.807, 2.05) is 0 Å². The standard InChI is InChI=1S/C18H30N4O3S/c1-14-4-3-7-22(12-14)26(24,25)16-10-17(20(2)13-16)18(23)21-8-5-15(11-19)6-9-21/h10,13-15H,3-9,11-12,19H2,1-2H3. The van der Waals surface area contributed by atoms with E-state index in [0.717, 1.165) is 25.7 Å². The lowest BCUT2D eigenvalue weighted by Gasteiger charge is -2.31. The van der Waals surface area contributed by atoms with E-state index in [2.05, 4.69) is 6.92 Å². The molecule has 1 atom stereocenters. The van der Waals surface area contributed by atoms with E-state index in [-0.39, 0.29) is 10.8 Å². The topological polar surface area (TPSA) is 88.6 Å². The predicted molar refractivity (Wildman–Crippen MR) is 100 cm³/mol. The van der Waals surface area contributed by atoms with Crippen molar-refractivity contribution in [3.8, 4) is 0 Å². The molecule has 26 heavy (non-hydrogen) atoms. The molecule has 2 saturated heterocycles. The second-order valence-electron chi connectivity index (χ2n) is 7.75. The fraction of sp³-hybridized carbons (Fsp3) is 0.722. The van der Waals surface area contributed by atoms with Crippen molar-refractivity contribution >= 4 is 15.9 Å². The van der Waals surface area contributed by atoms with Gasteiger partial charge in [-0.05, 0) is 50.1 Å². The molecule has 1 amide bonds. The Balaban J connectivity index is 1.77. The second-order valence-corrected chi connectivity index (χ2v) is 9.69. The van der Waals surface area contributed by atoms with Gasteiger partial charge in [-0.3, -0.25) is 4.79 Å². The van der Waals surface area contributed by atoms with Gasteiger partial charge in [0.05, 0.1) is 0 Å². The van der Waals surface area contributed by atoms with Crippen molar-refractivity contribution in [2.75, 3.05) is 32.7 Å². The fourth-order valence-electron chi connectivity index (χ4n) is 3.94. The molecule has 3 rings (SSSR count). The summed E-state index contributed by atoms with van der Waals surface area (Å²) in [5, 5.41) is 0. The van der Waals surface area contributed by atoms with Crippen molar-refractivity contribution in [3.63, 3.8) is 0 Å². The number of nitrogens with two attached hydrogens (primary N) is 1. The van der Waals surface area contributed by atoms with E-state index in [0.29, 0.717) is 50.3 Å². The van der Waals surface area contributed by atoms with Crippen molar-refractivity contribution in [2.24, 2.45) is 24.6 Å². The molecule has 3 heterocycles. The SMILES string of the molecule is CC1CCCN(S(=O)(=O)c2cc(C(=O)N3CCC(CN)CC3)n(C)c2)C1. The second kappa shape index (κ2) is 7.70. The average Bonchev–Trinajstić information content (AvgIpc) is 3.03. The Morgan fingerprint density at radius 3 is 2.54 bits per heavy atom. The van der Waals surface area contributed by atoms with Crippen molar-refractivity contribution in [1.82, 2.24) is 13.8 Å². The minimum absolute atomic E-state index is 0.101. The summed E-state index contributed by atoms with van der Waals surface area (Å²) in [5.41, 5.74) is 6.14. The first-order valence-corrected chi connectivity index (χ1v) is 10.9. The normalized spacial score (nSPS) is 23.3. The van der Waals surface area contributed by atoms with Crippen LogP contribution in [0.2, 0.25) is 0 Å². The van der Waals surface area contributed by atoms with Gasteiger partial charge in [0.15, 0.2) is 0 Å². The molecule has 0 saturated carbocycles. The molecule has 2 aliphatic rings. The zero-order valence-corrected chi connectivity index (χ0v) is 16.5. The largest absolute Gasteiger partial charge is 0.345 e. The van der Waals surface area contributed by atoms with Crippen LogP contribution in [0.1, 0.15) is 43.1 Å². The summed E-state index contributed by atoms with van der Waals surface area (Å²) >= 11 is 0. The van der Waals surface area contributed by atoms with Gasteiger partial charge in [-0.25, -0.2) is 8.42 Å². The first kappa shape index (κ1) is 19.4. The molecule has 8 heteroatoms. The molecule has 1 aromatic rings. The maximum absolute atomic E-state index is 13.0. The lowest BCUT2D eigenvalue weighted by molar-refractivity contribution is 0.0683. The van der Waals surface area contributed by atoms with E-state index in [4.69, 9.17) is 5.73 Å². The van der Waals surface area contributed by atoms with E-state index < -0.39 is 10.0 Å². The molecule has 0 radical (unpaired) electrons. The highest BCUT2D eigenvalue weighted by Crippen LogP contribution is 2.26. The predicted octanol–water partition coefficient (Wildman–Crippen LogP) is 1.26. The van der Waals surface area contributed by atoms with E-state index >= 15 is 0 Å². The molecule has 1 unspecified atom stereocenters. The Hall–Kier alpha value is -1.38. The number of carbonyl (C=O) groups is 1. The number of aryl methyl sites for hydroxylation is 1. The maximum atomic E-state index is 13.0. The van der Waals surface area contributed by atoms with Crippen LogP contribution in [0.5, 0.6) is 0 Å². The number of rotatable bonds is 4. The lowest BCUT2D eigenvalue weighted by Crippen LogP contribution is -2.40. The smallest absolute Gasteiger partial charge is 0.270 e. The van der Waals surface area contributed by atoms with Gasteiger partial charge in [-0.15, -0.1) is 0 Å². The van der Waals surface area contributed by atoms with Gasteiger partial charge in [0, 0.05) is 39.4 Å². The summed E-state index contributed by atoms with van der Waals surface area (Å²) < 4.78 is 29.1. The van der Waals surface area contributed by atoms with Crippen LogP contribution in [0, 0.1) is 11.8 Å². The van der Waals surface area contributed by atoms with Gasteiger partial charge < -0.3 is 15.2 Å². The Morgan fingerprint density at radius 1 is 1.23 bits per heavy atom. The summed E-state index contributed by atoms with van der Waals surface area (Å²) in [6, 6.07) is 1.53. The number of carbonyl (C=O) groups excluding carboxylic acids is 1. The van der Waals surface area contributed by atoms with Gasteiger partial charge in [-0.2, -0.15) is 4.31 Å². The number of amides is 1. The molecule has 2 fully saturated rings. The number of hydrogen-bond donors (Lipinski definition) is 1. The van der Waals surface area contributed by atoms with Crippen LogP contribution >= 0.6 is 0 Å². The van der Waals surface area contributed by atoms with Crippen LogP contribution in [0.3, 0.4) is 0 Å². The van der Waals surface area contributed by atoms with Crippen molar-refractivity contribution in [3.05, 3.63) is 18.0 Å². The lowest BCUT2D eigenvalue weighted by atomic mass is 9.97. The van der Waals surface area contributed by atoms with Crippen molar-refractivity contribution in [1.29, 1.82) is 0 Å². The van der Waals surface area contributed by atoms with Gasteiger partial charge in [0.1, 0.15) is 10.6 Å². The number of piperidine rings is 2. The summed E-state index contributed by atoms with van der Waals surface area (Å²) in [6.07, 6.45) is 5.32. The first-order chi connectivity index (χ1) is 12.3. The van der Waals surface area contributed by atoms with Crippen LogP contribution in [-0.2, 0) is 17.1 Å². The highest BCUT2D eigenvalue weighted by atomic mass is 32.2. The molecule has 0 aliphatic carbocycles. The Kier molecular flexibility index (Phi) is 5.74. The minimum atomic E-state index is -3.55. The summed E-state index contributed by atoms with van der Waals surface area (Å²) in [6.45, 7) is 5.19. The van der Waals surface area contributed by atoms with Crippen LogP contribution in [0.15, 0.2) is 17.2 Å². The number of likely N-dealkylation sites (tertiary alicyclic amines) is 1. The van der Waals surface area contributed by atoms with Gasteiger partial charge in [0.2, 0.25) is 10.0 Å². The number of sulfonamides is 1. The molecular formula is C18H30N4O3S. The molecule has 0 spiro atoms. The van der Waals surface area contributed by atoms with Gasteiger partial charge in [-0.1, -0.05) is 6.92 Å². The molecule has 2 N–H and O–H groups in total. The van der Waals surface area contributed by atoms with Crippen molar-refractivity contribution in [2.45, 2.75) is 37.5 Å². The molecule has 0 aromatic carbocycles. The zero-order chi connectivity index (χ0) is 18.9. The van der Waals surface area contributed by atoms with Gasteiger partial charge >= 0.3 is 0 Å². The summed E-state index contributed by atoms with van der Waals surface area (Å²) in [5.74, 6) is 0.744. The van der Waals surface area contributed by atoms with E-state index in [9.17, 15) is 13.2 Å². The molecule has 0 bridgehead atoms. The monoisotopic (exact) mass is 382 g/mol. The first-order valence-electron chi connectivity index (χ1n) is 9.48. The fourth-order valence-corrected chi connectivity index (χ4v) is 5.61. The Labute approximate surface area is 156 Å². The molecular weight excluding hydrogens is 352 g/mol. The Bertz CT molecular complexity index is 750. The average molecular weight is 383 g/mol. The quantitative estimate of drug-likeness (QED) is 0.849.